The van der Waals surface area contributed by atoms with Gasteiger partial charge in [-0.15, -0.1) is 0 Å². The van der Waals surface area contributed by atoms with E-state index in [1.165, 1.54) is 24.0 Å². The van der Waals surface area contributed by atoms with Crippen molar-refractivity contribution in [1.82, 2.24) is 14.7 Å². The maximum Gasteiger partial charge on any atom is 0.244 e. The van der Waals surface area contributed by atoms with Gasteiger partial charge in [0.25, 0.3) is 0 Å². The predicted molar refractivity (Wildman–Crippen MR) is 91.9 cm³/mol. The molecule has 1 saturated heterocycles. The van der Waals surface area contributed by atoms with Crippen molar-refractivity contribution in [2.45, 2.75) is 43.7 Å². The van der Waals surface area contributed by atoms with Crippen LogP contribution in [0.1, 0.15) is 35.6 Å². The van der Waals surface area contributed by atoms with Crippen LogP contribution >= 0.6 is 0 Å². The van der Waals surface area contributed by atoms with Crippen LogP contribution in [0.5, 0.6) is 0 Å². The number of carbonyl (C=O) groups is 1. The van der Waals surface area contributed by atoms with Gasteiger partial charge in [-0.2, -0.15) is 5.10 Å². The van der Waals surface area contributed by atoms with E-state index in [2.05, 4.69) is 39.6 Å². The molecule has 2 aliphatic carbocycles. The number of benzene rings is 1. The summed E-state index contributed by atoms with van der Waals surface area (Å²) >= 11 is 0. The summed E-state index contributed by atoms with van der Waals surface area (Å²) in [6, 6.07) is 11.2. The van der Waals surface area contributed by atoms with Gasteiger partial charge in [-0.1, -0.05) is 24.3 Å². The summed E-state index contributed by atoms with van der Waals surface area (Å²) in [4.78, 5) is 14.9. The van der Waals surface area contributed by atoms with Crippen molar-refractivity contribution in [2.24, 2.45) is 7.05 Å². The summed E-state index contributed by atoms with van der Waals surface area (Å²) in [5.41, 5.74) is 4.00. The second-order valence-electron chi connectivity index (χ2n) is 7.38. The number of hydrogen-bond acceptors (Lipinski definition) is 3. The number of anilines is 1. The monoisotopic (exact) mass is 322 g/mol. The van der Waals surface area contributed by atoms with Gasteiger partial charge in [0, 0.05) is 31.6 Å². The predicted octanol–water partition coefficient (Wildman–Crippen LogP) is 2.09. The number of aryl methyl sites for hydroxylation is 1. The Morgan fingerprint density at radius 3 is 2.58 bits per heavy atom. The minimum absolute atomic E-state index is 0.0172. The quantitative estimate of drug-likeness (QED) is 0.877. The van der Waals surface area contributed by atoms with Crippen molar-refractivity contribution in [3.63, 3.8) is 0 Å². The van der Waals surface area contributed by atoms with Crippen molar-refractivity contribution >= 4 is 11.7 Å². The van der Waals surface area contributed by atoms with Crippen LogP contribution in [-0.2, 0) is 24.7 Å². The number of carbonyl (C=O) groups excluding carboxylic acids is 1. The molecule has 1 saturated carbocycles. The van der Waals surface area contributed by atoms with E-state index in [1.807, 2.05) is 13.1 Å². The van der Waals surface area contributed by atoms with Crippen molar-refractivity contribution in [2.75, 3.05) is 11.9 Å². The summed E-state index contributed by atoms with van der Waals surface area (Å²) in [6.45, 7) is 0.873. The molecular weight excluding hydrogens is 300 g/mol. The lowest BCUT2D eigenvalue weighted by Gasteiger charge is -2.12. The third-order valence-corrected chi connectivity index (χ3v) is 5.60. The highest BCUT2D eigenvalue weighted by molar-refractivity contribution is 5.96. The van der Waals surface area contributed by atoms with Crippen LogP contribution in [-0.4, -0.2) is 39.2 Å². The second-order valence-corrected chi connectivity index (χ2v) is 7.38. The molecule has 24 heavy (non-hydrogen) atoms. The molecule has 2 atom stereocenters. The fraction of sp³-hybridized carbons (Fsp3) is 0.474. The van der Waals surface area contributed by atoms with E-state index in [4.69, 9.17) is 0 Å². The fourth-order valence-corrected chi connectivity index (χ4v) is 3.95. The minimum Gasteiger partial charge on any atom is -0.309 e. The van der Waals surface area contributed by atoms with Crippen molar-refractivity contribution in [1.29, 1.82) is 0 Å². The molecule has 0 spiro atoms. The first-order valence-electron chi connectivity index (χ1n) is 8.86. The van der Waals surface area contributed by atoms with E-state index in [1.54, 1.807) is 4.68 Å². The maximum absolute atomic E-state index is 12.6. The Morgan fingerprint density at radius 1 is 1.21 bits per heavy atom. The highest BCUT2D eigenvalue weighted by atomic mass is 16.2. The van der Waals surface area contributed by atoms with Gasteiger partial charge in [-0.25, -0.2) is 0 Å². The number of hydrogen-bond donors (Lipinski definition) is 1. The number of rotatable bonds is 4. The molecule has 1 N–H and O–H groups in total. The van der Waals surface area contributed by atoms with Crippen molar-refractivity contribution in [3.05, 3.63) is 47.2 Å². The molecule has 3 aliphatic rings. The van der Waals surface area contributed by atoms with Crippen molar-refractivity contribution in [3.8, 4) is 0 Å². The average Bonchev–Trinajstić information content (AvgIpc) is 3.49. The first-order chi connectivity index (χ1) is 11.7. The Labute approximate surface area is 141 Å². The molecule has 0 bridgehead atoms. The van der Waals surface area contributed by atoms with Crippen LogP contribution in [0.15, 0.2) is 30.3 Å². The Bertz CT molecular complexity index is 782. The van der Waals surface area contributed by atoms with Crippen LogP contribution < -0.4 is 5.32 Å². The number of aromatic nitrogens is 2. The van der Waals surface area contributed by atoms with Gasteiger partial charge >= 0.3 is 0 Å². The molecule has 1 aromatic carbocycles. The smallest absolute Gasteiger partial charge is 0.244 e. The lowest BCUT2D eigenvalue weighted by molar-refractivity contribution is -0.116. The maximum atomic E-state index is 12.6. The summed E-state index contributed by atoms with van der Waals surface area (Å²) in [5.74, 6) is 1.54. The molecular formula is C19H22N4O. The Balaban J connectivity index is 1.22. The molecule has 5 heteroatoms. The van der Waals surface area contributed by atoms with Crippen LogP contribution in [0.2, 0.25) is 0 Å². The zero-order valence-electron chi connectivity index (χ0n) is 13.9. The van der Waals surface area contributed by atoms with E-state index < -0.39 is 0 Å². The zero-order chi connectivity index (χ0) is 16.3. The van der Waals surface area contributed by atoms with E-state index in [0.29, 0.717) is 12.0 Å². The van der Waals surface area contributed by atoms with E-state index >= 15 is 0 Å². The summed E-state index contributed by atoms with van der Waals surface area (Å²) in [6.07, 6.45) is 4.58. The zero-order valence-corrected chi connectivity index (χ0v) is 13.9. The molecule has 2 fully saturated rings. The highest BCUT2D eigenvalue weighted by Gasteiger charge is 2.46. The second kappa shape index (κ2) is 5.18. The Kier molecular flexibility index (Phi) is 3.07. The lowest BCUT2D eigenvalue weighted by Crippen LogP contribution is -2.28. The van der Waals surface area contributed by atoms with E-state index in [0.717, 1.165) is 30.9 Å². The summed E-state index contributed by atoms with van der Waals surface area (Å²) in [7, 11) is 1.90. The summed E-state index contributed by atoms with van der Waals surface area (Å²) < 4.78 is 1.80. The topological polar surface area (TPSA) is 49.9 Å². The van der Waals surface area contributed by atoms with Gasteiger partial charge in [-0.05, 0) is 36.8 Å². The van der Waals surface area contributed by atoms with E-state index in [-0.39, 0.29) is 11.9 Å². The molecule has 1 amide bonds. The number of nitrogens with one attached hydrogen (secondary N) is 1. The Morgan fingerprint density at radius 2 is 1.92 bits per heavy atom. The first kappa shape index (κ1) is 14.2. The number of fused-ring (bicyclic) bond motifs is 1. The van der Waals surface area contributed by atoms with Gasteiger partial charge in [0.2, 0.25) is 5.91 Å². The van der Waals surface area contributed by atoms with Gasteiger partial charge in [-0.3, -0.25) is 14.4 Å². The largest absolute Gasteiger partial charge is 0.309 e. The SMILES string of the molecule is Cn1nc(C2CC2)cc1NC(=O)C1CN1C1Cc2ccccc2C1. The van der Waals surface area contributed by atoms with E-state index in [9.17, 15) is 4.79 Å². The molecule has 0 radical (unpaired) electrons. The van der Waals surface area contributed by atoms with Gasteiger partial charge in [0.1, 0.15) is 11.9 Å². The van der Waals surface area contributed by atoms with Gasteiger partial charge in [0.15, 0.2) is 0 Å². The third-order valence-electron chi connectivity index (χ3n) is 5.60. The van der Waals surface area contributed by atoms with Crippen LogP contribution in [0.25, 0.3) is 0 Å². The van der Waals surface area contributed by atoms with Gasteiger partial charge < -0.3 is 5.32 Å². The minimum atomic E-state index is 0.0172. The van der Waals surface area contributed by atoms with Gasteiger partial charge in [0.05, 0.1) is 5.69 Å². The molecule has 5 rings (SSSR count). The summed E-state index contributed by atoms with van der Waals surface area (Å²) in [5, 5.41) is 7.59. The van der Waals surface area contributed by atoms with Crippen LogP contribution in [0, 0.1) is 0 Å². The molecule has 124 valence electrons. The Hall–Kier alpha value is -2.14. The van der Waals surface area contributed by atoms with Crippen LogP contribution in [0.4, 0.5) is 5.82 Å². The fourth-order valence-electron chi connectivity index (χ4n) is 3.95. The normalized spacial score (nSPS) is 25.5. The standard InChI is InChI=1S/C19H22N4O/c1-22-18(10-16(21-22)12-6-7-12)20-19(24)17-11-23(17)15-8-13-4-2-3-5-14(13)9-15/h2-5,10,12,15,17H,6-9,11H2,1H3,(H,20,24). The number of nitrogens with zero attached hydrogens (tertiary/aromatic N) is 3. The highest BCUT2D eigenvalue weighted by Crippen LogP contribution is 2.40. The lowest BCUT2D eigenvalue weighted by atomic mass is 10.1. The average molecular weight is 322 g/mol. The molecule has 1 aliphatic heterocycles. The molecule has 5 nitrogen and oxygen atoms in total. The molecule has 2 aromatic rings. The van der Waals surface area contributed by atoms with Crippen molar-refractivity contribution < 1.29 is 4.79 Å². The molecule has 2 heterocycles. The van der Waals surface area contributed by atoms with Crippen LogP contribution in [0.3, 0.4) is 0 Å². The third kappa shape index (κ3) is 2.44. The molecule has 2 unspecified atom stereocenters. The first-order valence-corrected chi connectivity index (χ1v) is 8.86. The number of amides is 1. The molecule has 1 aromatic heterocycles.